The van der Waals surface area contributed by atoms with Gasteiger partial charge >= 0.3 is 6.09 Å². The fraction of sp³-hybridized carbons (Fsp3) is 0.583. The van der Waals surface area contributed by atoms with Gasteiger partial charge in [0.25, 0.3) is 0 Å². The highest BCUT2D eigenvalue weighted by molar-refractivity contribution is 7.03. The zero-order valence-electron chi connectivity index (χ0n) is 11.3. The van der Waals surface area contributed by atoms with Crippen LogP contribution in [0.25, 0.3) is 0 Å². The van der Waals surface area contributed by atoms with Crippen molar-refractivity contribution in [2.24, 2.45) is 0 Å². The van der Waals surface area contributed by atoms with Crippen LogP contribution in [0.1, 0.15) is 38.1 Å². The van der Waals surface area contributed by atoms with Crippen LogP contribution >= 0.6 is 11.5 Å². The van der Waals surface area contributed by atoms with Crippen LogP contribution in [-0.2, 0) is 4.74 Å². The van der Waals surface area contributed by atoms with Crippen molar-refractivity contribution in [3.05, 3.63) is 17.1 Å². The topological polar surface area (TPSA) is 59.5 Å². The van der Waals surface area contributed by atoms with Gasteiger partial charge in [-0.3, -0.25) is 4.79 Å². The number of aromatic nitrogens is 1. The monoisotopic (exact) mass is 270 g/mol. The van der Waals surface area contributed by atoms with Gasteiger partial charge in [-0.2, -0.15) is 0 Å². The highest BCUT2D eigenvalue weighted by Crippen LogP contribution is 2.13. The van der Waals surface area contributed by atoms with Crippen molar-refractivity contribution >= 4 is 23.4 Å². The van der Waals surface area contributed by atoms with Crippen molar-refractivity contribution < 1.29 is 14.3 Å². The van der Waals surface area contributed by atoms with Gasteiger partial charge in [-0.1, -0.05) is 0 Å². The maximum atomic E-state index is 12.0. The minimum Gasteiger partial charge on any atom is -0.444 e. The number of carbonyl (C=O) groups excluding carboxylic acids is 2. The second kappa shape index (κ2) is 5.48. The maximum Gasteiger partial charge on any atom is 0.410 e. The standard InChI is InChI=1S/C12H18N2O3S/c1-8(10(15)9-6-13-18-7-9)14(5)11(16)17-12(2,3)4/h6-8H,1-5H3/t8-/m0/s1. The normalized spacial score (nSPS) is 12.9. The Kier molecular flexibility index (Phi) is 4.45. The Balaban J connectivity index is 2.69. The van der Waals surface area contributed by atoms with E-state index in [0.29, 0.717) is 5.56 Å². The van der Waals surface area contributed by atoms with Crippen LogP contribution < -0.4 is 0 Å². The molecule has 0 aliphatic rings. The van der Waals surface area contributed by atoms with Crippen molar-refractivity contribution in [3.63, 3.8) is 0 Å². The Hall–Kier alpha value is -1.43. The molecule has 0 saturated heterocycles. The molecule has 0 aliphatic heterocycles. The van der Waals surface area contributed by atoms with Gasteiger partial charge in [0.1, 0.15) is 5.60 Å². The molecule has 0 bridgehead atoms. The lowest BCUT2D eigenvalue weighted by atomic mass is 10.1. The first-order chi connectivity index (χ1) is 8.22. The fourth-order valence-electron chi connectivity index (χ4n) is 1.24. The summed E-state index contributed by atoms with van der Waals surface area (Å²) >= 11 is 1.21. The molecule has 0 unspecified atom stereocenters. The Morgan fingerprint density at radius 1 is 1.44 bits per heavy atom. The zero-order valence-corrected chi connectivity index (χ0v) is 12.1. The molecule has 0 aliphatic carbocycles. The lowest BCUT2D eigenvalue weighted by molar-refractivity contribution is 0.0231. The van der Waals surface area contributed by atoms with Gasteiger partial charge in [0.15, 0.2) is 5.78 Å². The molecule has 100 valence electrons. The van der Waals surface area contributed by atoms with Gasteiger partial charge in [-0.15, -0.1) is 0 Å². The first-order valence-corrected chi connectivity index (χ1v) is 6.45. The van der Waals surface area contributed by atoms with E-state index in [1.807, 2.05) is 0 Å². The van der Waals surface area contributed by atoms with Crippen molar-refractivity contribution in [1.82, 2.24) is 9.27 Å². The Labute approximate surface area is 111 Å². The number of ketones is 1. The quantitative estimate of drug-likeness (QED) is 0.792. The maximum absolute atomic E-state index is 12.0. The molecule has 1 aromatic heterocycles. The van der Waals surface area contributed by atoms with E-state index in [0.717, 1.165) is 0 Å². The van der Waals surface area contributed by atoms with E-state index in [1.54, 1.807) is 40.1 Å². The van der Waals surface area contributed by atoms with Crippen molar-refractivity contribution in [3.8, 4) is 0 Å². The fourth-order valence-corrected chi connectivity index (χ4v) is 1.76. The number of likely N-dealkylation sites (N-methyl/N-ethyl adjacent to an activating group) is 1. The summed E-state index contributed by atoms with van der Waals surface area (Å²) in [4.78, 5) is 25.1. The summed E-state index contributed by atoms with van der Waals surface area (Å²) in [5.74, 6) is -0.142. The molecule has 5 nitrogen and oxygen atoms in total. The van der Waals surface area contributed by atoms with Crippen molar-refractivity contribution in [2.45, 2.75) is 39.3 Å². The molecule has 0 N–H and O–H groups in total. The summed E-state index contributed by atoms with van der Waals surface area (Å²) in [6.45, 7) is 7.03. The molecule has 0 aromatic carbocycles. The number of ether oxygens (including phenoxy) is 1. The van der Waals surface area contributed by atoms with Crippen LogP contribution in [-0.4, -0.2) is 39.8 Å². The number of hydrogen-bond acceptors (Lipinski definition) is 5. The van der Waals surface area contributed by atoms with Gasteiger partial charge in [0, 0.05) is 12.4 Å². The highest BCUT2D eigenvalue weighted by atomic mass is 32.1. The third-order valence-corrected chi connectivity index (χ3v) is 2.95. The van der Waals surface area contributed by atoms with Gasteiger partial charge in [0.2, 0.25) is 0 Å². The van der Waals surface area contributed by atoms with Gasteiger partial charge in [-0.05, 0) is 39.2 Å². The van der Waals surface area contributed by atoms with Crippen LogP contribution in [0.3, 0.4) is 0 Å². The third-order valence-electron chi connectivity index (χ3n) is 2.36. The van der Waals surface area contributed by atoms with E-state index in [2.05, 4.69) is 4.37 Å². The largest absolute Gasteiger partial charge is 0.444 e. The highest BCUT2D eigenvalue weighted by Gasteiger charge is 2.27. The predicted octanol–water partition coefficient (Wildman–Crippen LogP) is 2.58. The summed E-state index contributed by atoms with van der Waals surface area (Å²) in [5, 5.41) is 1.67. The molecule has 0 radical (unpaired) electrons. The number of rotatable bonds is 3. The van der Waals surface area contributed by atoms with Gasteiger partial charge < -0.3 is 9.64 Å². The number of Topliss-reactive ketones (excluding diaryl/α,β-unsaturated/α-hetero) is 1. The number of carbonyl (C=O) groups is 2. The van der Waals surface area contributed by atoms with Crippen LogP contribution in [0, 0.1) is 0 Å². The molecule has 1 rings (SSSR count). The van der Waals surface area contributed by atoms with E-state index >= 15 is 0 Å². The van der Waals surface area contributed by atoms with Crippen LogP contribution in [0.15, 0.2) is 11.6 Å². The lowest BCUT2D eigenvalue weighted by Crippen LogP contribution is -2.43. The summed E-state index contributed by atoms with van der Waals surface area (Å²) in [6, 6.07) is -0.573. The van der Waals surface area contributed by atoms with Crippen molar-refractivity contribution in [1.29, 1.82) is 0 Å². The number of nitrogens with zero attached hydrogens (tertiary/aromatic N) is 2. The van der Waals surface area contributed by atoms with Gasteiger partial charge in [-0.25, -0.2) is 9.17 Å². The molecule has 1 heterocycles. The van der Waals surface area contributed by atoms with Gasteiger partial charge in [0.05, 0.1) is 17.8 Å². The van der Waals surface area contributed by atoms with Crippen LogP contribution in [0.4, 0.5) is 4.79 Å². The minimum absolute atomic E-state index is 0.142. The number of amides is 1. The first kappa shape index (κ1) is 14.6. The second-order valence-electron chi connectivity index (χ2n) is 5.04. The molecule has 0 saturated carbocycles. The predicted molar refractivity (Wildman–Crippen MR) is 69.9 cm³/mol. The zero-order chi connectivity index (χ0) is 13.9. The van der Waals surface area contributed by atoms with E-state index in [9.17, 15) is 9.59 Å². The van der Waals surface area contributed by atoms with Crippen molar-refractivity contribution in [2.75, 3.05) is 7.05 Å². The molecule has 1 aromatic rings. The molecular formula is C12H18N2O3S. The minimum atomic E-state index is -0.573. The van der Waals surface area contributed by atoms with E-state index < -0.39 is 17.7 Å². The summed E-state index contributed by atoms with van der Waals surface area (Å²) < 4.78 is 9.09. The lowest BCUT2D eigenvalue weighted by Gasteiger charge is -2.27. The molecule has 0 fully saturated rings. The Morgan fingerprint density at radius 2 is 2.06 bits per heavy atom. The average Bonchev–Trinajstić information content (AvgIpc) is 2.77. The second-order valence-corrected chi connectivity index (χ2v) is 5.70. The Morgan fingerprint density at radius 3 is 2.50 bits per heavy atom. The summed E-state index contributed by atoms with van der Waals surface area (Å²) in [7, 11) is 1.55. The molecular weight excluding hydrogens is 252 g/mol. The molecule has 0 spiro atoms. The van der Waals surface area contributed by atoms with Crippen LogP contribution in [0.2, 0.25) is 0 Å². The summed E-state index contributed by atoms with van der Waals surface area (Å²) in [5.41, 5.74) is -0.0548. The molecule has 18 heavy (non-hydrogen) atoms. The SMILES string of the molecule is C[C@@H](C(=O)c1cnsc1)N(C)C(=O)OC(C)(C)C. The molecule has 6 heteroatoms. The smallest absolute Gasteiger partial charge is 0.410 e. The van der Waals surface area contributed by atoms with E-state index in [-0.39, 0.29) is 5.78 Å². The summed E-state index contributed by atoms with van der Waals surface area (Å²) in [6.07, 6.45) is 0.999. The van der Waals surface area contributed by atoms with E-state index in [1.165, 1.54) is 22.6 Å². The van der Waals surface area contributed by atoms with Crippen LogP contribution in [0.5, 0.6) is 0 Å². The third kappa shape index (κ3) is 3.80. The molecule has 1 amide bonds. The number of hydrogen-bond donors (Lipinski definition) is 0. The Bertz CT molecular complexity index is 423. The molecule has 1 atom stereocenters. The van der Waals surface area contributed by atoms with E-state index in [4.69, 9.17) is 4.74 Å². The first-order valence-electron chi connectivity index (χ1n) is 5.62. The average molecular weight is 270 g/mol.